The minimum atomic E-state index is -0.335. The SMILES string of the molecule is CCCc1nc(C(=O)Nc2ccc(CCO)cc2)n[nH]1. The van der Waals surface area contributed by atoms with Crippen LogP contribution in [0, 0.1) is 0 Å². The molecule has 0 saturated heterocycles. The van der Waals surface area contributed by atoms with E-state index < -0.39 is 0 Å². The van der Waals surface area contributed by atoms with E-state index in [0.717, 1.165) is 24.2 Å². The van der Waals surface area contributed by atoms with Gasteiger partial charge in [0.05, 0.1) is 0 Å². The first-order valence-electron chi connectivity index (χ1n) is 6.65. The molecule has 0 saturated carbocycles. The van der Waals surface area contributed by atoms with Crippen LogP contribution in [0.2, 0.25) is 0 Å². The Morgan fingerprint density at radius 1 is 1.30 bits per heavy atom. The van der Waals surface area contributed by atoms with Crippen LogP contribution < -0.4 is 5.32 Å². The summed E-state index contributed by atoms with van der Waals surface area (Å²) in [6, 6.07) is 7.32. The van der Waals surface area contributed by atoms with Crippen LogP contribution in [0.5, 0.6) is 0 Å². The highest BCUT2D eigenvalue weighted by Crippen LogP contribution is 2.11. The van der Waals surface area contributed by atoms with Crippen LogP contribution in [0.25, 0.3) is 0 Å². The summed E-state index contributed by atoms with van der Waals surface area (Å²) in [5.74, 6) is 0.530. The van der Waals surface area contributed by atoms with Gasteiger partial charge in [-0.2, -0.15) is 0 Å². The van der Waals surface area contributed by atoms with Crippen molar-refractivity contribution < 1.29 is 9.90 Å². The number of nitrogens with one attached hydrogen (secondary N) is 2. The Morgan fingerprint density at radius 3 is 2.70 bits per heavy atom. The minimum absolute atomic E-state index is 0.114. The van der Waals surface area contributed by atoms with E-state index in [9.17, 15) is 4.79 Å². The number of benzene rings is 1. The fourth-order valence-corrected chi connectivity index (χ4v) is 1.82. The van der Waals surface area contributed by atoms with E-state index >= 15 is 0 Å². The van der Waals surface area contributed by atoms with Crippen molar-refractivity contribution in [2.75, 3.05) is 11.9 Å². The molecule has 106 valence electrons. The molecule has 2 rings (SSSR count). The normalized spacial score (nSPS) is 10.5. The van der Waals surface area contributed by atoms with Gasteiger partial charge in [-0.15, -0.1) is 5.10 Å². The van der Waals surface area contributed by atoms with Crippen LogP contribution in [-0.2, 0) is 12.8 Å². The predicted octanol–water partition coefficient (Wildman–Crippen LogP) is 1.54. The maximum absolute atomic E-state index is 11.9. The summed E-state index contributed by atoms with van der Waals surface area (Å²) in [5, 5.41) is 18.2. The van der Waals surface area contributed by atoms with Crippen LogP contribution in [0.1, 0.15) is 35.4 Å². The summed E-state index contributed by atoms with van der Waals surface area (Å²) in [4.78, 5) is 16.1. The topological polar surface area (TPSA) is 90.9 Å². The lowest BCUT2D eigenvalue weighted by Gasteiger charge is -2.03. The summed E-state index contributed by atoms with van der Waals surface area (Å²) >= 11 is 0. The fraction of sp³-hybridized carbons (Fsp3) is 0.357. The average molecular weight is 274 g/mol. The quantitative estimate of drug-likeness (QED) is 0.745. The molecule has 2 aromatic rings. The highest BCUT2D eigenvalue weighted by atomic mass is 16.3. The third kappa shape index (κ3) is 3.64. The summed E-state index contributed by atoms with van der Waals surface area (Å²) < 4.78 is 0. The van der Waals surface area contributed by atoms with Crippen molar-refractivity contribution in [2.45, 2.75) is 26.2 Å². The number of aromatic amines is 1. The minimum Gasteiger partial charge on any atom is -0.396 e. The van der Waals surface area contributed by atoms with Crippen LogP contribution in [0.3, 0.4) is 0 Å². The van der Waals surface area contributed by atoms with Gasteiger partial charge < -0.3 is 10.4 Å². The van der Waals surface area contributed by atoms with E-state index in [2.05, 4.69) is 20.5 Å². The number of aliphatic hydroxyl groups excluding tert-OH is 1. The van der Waals surface area contributed by atoms with E-state index in [0.29, 0.717) is 12.1 Å². The number of aryl methyl sites for hydroxylation is 1. The highest BCUT2D eigenvalue weighted by Gasteiger charge is 2.12. The van der Waals surface area contributed by atoms with E-state index in [1.807, 2.05) is 19.1 Å². The Kier molecular flexibility index (Phi) is 4.84. The first kappa shape index (κ1) is 14.2. The van der Waals surface area contributed by atoms with Crippen LogP contribution in [-0.4, -0.2) is 32.8 Å². The number of hydrogen-bond acceptors (Lipinski definition) is 4. The lowest BCUT2D eigenvalue weighted by molar-refractivity contribution is 0.101. The molecule has 0 spiro atoms. The maximum Gasteiger partial charge on any atom is 0.295 e. The number of aromatic nitrogens is 3. The molecule has 0 bridgehead atoms. The Bertz CT molecular complexity index is 563. The van der Waals surface area contributed by atoms with Gasteiger partial charge in [0.1, 0.15) is 5.82 Å². The molecule has 1 amide bonds. The molecule has 0 fully saturated rings. The largest absolute Gasteiger partial charge is 0.396 e. The van der Waals surface area contributed by atoms with Crippen molar-refractivity contribution in [3.8, 4) is 0 Å². The Labute approximate surface area is 117 Å². The zero-order chi connectivity index (χ0) is 14.4. The number of amides is 1. The van der Waals surface area contributed by atoms with Gasteiger partial charge in [0.25, 0.3) is 5.91 Å². The van der Waals surface area contributed by atoms with Crippen molar-refractivity contribution in [1.29, 1.82) is 0 Å². The number of carbonyl (C=O) groups is 1. The molecule has 0 radical (unpaired) electrons. The van der Waals surface area contributed by atoms with Crippen molar-refractivity contribution in [3.05, 3.63) is 41.5 Å². The number of anilines is 1. The number of H-pyrrole nitrogens is 1. The maximum atomic E-state index is 11.9. The second kappa shape index (κ2) is 6.81. The lowest BCUT2D eigenvalue weighted by Crippen LogP contribution is -2.13. The first-order chi connectivity index (χ1) is 9.72. The van der Waals surface area contributed by atoms with Gasteiger partial charge in [-0.1, -0.05) is 19.1 Å². The second-order valence-electron chi connectivity index (χ2n) is 4.48. The molecule has 6 heteroatoms. The van der Waals surface area contributed by atoms with Gasteiger partial charge in [-0.3, -0.25) is 9.89 Å². The van der Waals surface area contributed by atoms with Gasteiger partial charge in [0.2, 0.25) is 5.82 Å². The number of rotatable bonds is 6. The van der Waals surface area contributed by atoms with Crippen LogP contribution >= 0.6 is 0 Å². The molecule has 6 nitrogen and oxygen atoms in total. The van der Waals surface area contributed by atoms with Crippen LogP contribution in [0.15, 0.2) is 24.3 Å². The van der Waals surface area contributed by atoms with Crippen molar-refractivity contribution >= 4 is 11.6 Å². The summed E-state index contributed by atoms with van der Waals surface area (Å²) in [6.07, 6.45) is 2.33. The predicted molar refractivity (Wildman–Crippen MR) is 75.6 cm³/mol. The standard InChI is InChI=1S/C14H18N4O2/c1-2-3-12-16-13(18-17-12)14(20)15-11-6-4-10(5-7-11)8-9-19/h4-7,19H,2-3,8-9H2,1H3,(H,15,20)(H,16,17,18). The van der Waals surface area contributed by atoms with Gasteiger partial charge >= 0.3 is 0 Å². The molecule has 0 aliphatic heterocycles. The Morgan fingerprint density at radius 2 is 2.05 bits per heavy atom. The second-order valence-corrected chi connectivity index (χ2v) is 4.48. The van der Waals surface area contributed by atoms with Gasteiger partial charge in [-0.25, -0.2) is 4.98 Å². The number of hydrogen-bond donors (Lipinski definition) is 3. The summed E-state index contributed by atoms with van der Waals surface area (Å²) in [7, 11) is 0. The molecule has 20 heavy (non-hydrogen) atoms. The molecule has 1 aromatic carbocycles. The zero-order valence-electron chi connectivity index (χ0n) is 11.4. The average Bonchev–Trinajstić information content (AvgIpc) is 2.90. The molecule has 1 heterocycles. The zero-order valence-corrected chi connectivity index (χ0v) is 11.4. The summed E-state index contributed by atoms with van der Waals surface area (Å²) in [6.45, 7) is 2.15. The molecule has 0 unspecified atom stereocenters. The molecular weight excluding hydrogens is 256 g/mol. The van der Waals surface area contributed by atoms with E-state index in [1.165, 1.54) is 0 Å². The third-order valence-electron chi connectivity index (χ3n) is 2.83. The first-order valence-corrected chi connectivity index (χ1v) is 6.65. The van der Waals surface area contributed by atoms with E-state index in [1.54, 1.807) is 12.1 Å². The van der Waals surface area contributed by atoms with Gasteiger partial charge in [0.15, 0.2) is 0 Å². The molecule has 3 N–H and O–H groups in total. The van der Waals surface area contributed by atoms with Gasteiger partial charge in [0, 0.05) is 18.7 Å². The molecule has 0 atom stereocenters. The Hall–Kier alpha value is -2.21. The van der Waals surface area contributed by atoms with E-state index in [-0.39, 0.29) is 18.3 Å². The highest BCUT2D eigenvalue weighted by molar-refractivity contribution is 6.01. The number of nitrogens with zero attached hydrogens (tertiary/aromatic N) is 2. The fourth-order valence-electron chi connectivity index (χ4n) is 1.82. The number of carbonyl (C=O) groups excluding carboxylic acids is 1. The smallest absolute Gasteiger partial charge is 0.295 e. The monoisotopic (exact) mass is 274 g/mol. The molecule has 1 aromatic heterocycles. The lowest BCUT2D eigenvalue weighted by atomic mass is 10.1. The number of aliphatic hydroxyl groups is 1. The molecule has 0 aliphatic carbocycles. The molecular formula is C14H18N4O2. The summed E-state index contributed by atoms with van der Waals surface area (Å²) in [5.41, 5.74) is 1.70. The molecule has 0 aliphatic rings. The van der Waals surface area contributed by atoms with Crippen molar-refractivity contribution in [2.24, 2.45) is 0 Å². The van der Waals surface area contributed by atoms with Crippen molar-refractivity contribution in [3.63, 3.8) is 0 Å². The van der Waals surface area contributed by atoms with Gasteiger partial charge in [-0.05, 0) is 30.5 Å². The third-order valence-corrected chi connectivity index (χ3v) is 2.83. The van der Waals surface area contributed by atoms with E-state index in [4.69, 9.17) is 5.11 Å². The van der Waals surface area contributed by atoms with Crippen LogP contribution in [0.4, 0.5) is 5.69 Å². The Balaban J connectivity index is 1.99. The van der Waals surface area contributed by atoms with Crippen molar-refractivity contribution in [1.82, 2.24) is 15.2 Å².